The average Bonchev–Trinajstić information content (AvgIpc) is 3.37. The van der Waals surface area contributed by atoms with Crippen LogP contribution in [0.5, 0.6) is 0 Å². The van der Waals surface area contributed by atoms with E-state index in [0.29, 0.717) is 38.2 Å². The Bertz CT molecular complexity index is 1310. The number of fused-ring (bicyclic) bond motifs is 2. The highest BCUT2D eigenvalue weighted by Crippen LogP contribution is 2.36. The SMILES string of the molecule is O=C(NCC[NH+]1CCCC1)c1ccc2c(c1)N(Cc1cccc(Cl)c1)C(=O)c1ccccc1S2=O. The van der Waals surface area contributed by atoms with Gasteiger partial charge in [-0.05, 0) is 48.0 Å². The van der Waals surface area contributed by atoms with Gasteiger partial charge in [0.2, 0.25) is 0 Å². The highest BCUT2D eigenvalue weighted by Gasteiger charge is 2.31. The highest BCUT2D eigenvalue weighted by molar-refractivity contribution is 7.85. The Morgan fingerprint density at radius 2 is 1.80 bits per heavy atom. The van der Waals surface area contributed by atoms with Crippen molar-refractivity contribution >= 4 is 39.9 Å². The molecular formula is C27H27ClN3O3S+. The number of nitrogens with one attached hydrogen (secondary N) is 2. The highest BCUT2D eigenvalue weighted by atomic mass is 35.5. The van der Waals surface area contributed by atoms with Crippen molar-refractivity contribution in [2.45, 2.75) is 29.2 Å². The van der Waals surface area contributed by atoms with E-state index in [1.54, 1.807) is 59.5 Å². The Morgan fingerprint density at radius 3 is 2.60 bits per heavy atom. The summed E-state index contributed by atoms with van der Waals surface area (Å²) in [5.41, 5.74) is 2.14. The van der Waals surface area contributed by atoms with Crippen LogP contribution in [0, 0.1) is 0 Å². The van der Waals surface area contributed by atoms with Gasteiger partial charge in [0.15, 0.2) is 0 Å². The van der Waals surface area contributed by atoms with Gasteiger partial charge in [0.1, 0.15) is 0 Å². The molecule has 0 aromatic heterocycles. The maximum atomic E-state index is 13.7. The van der Waals surface area contributed by atoms with Gasteiger partial charge in [-0.1, -0.05) is 35.9 Å². The Hall–Kier alpha value is -3.00. The number of nitrogens with zero attached hydrogens (tertiary/aromatic N) is 1. The summed E-state index contributed by atoms with van der Waals surface area (Å²) in [5, 5.41) is 3.57. The van der Waals surface area contributed by atoms with Crippen molar-refractivity contribution in [3.8, 4) is 0 Å². The molecule has 0 aliphatic carbocycles. The van der Waals surface area contributed by atoms with Crippen molar-refractivity contribution in [2.24, 2.45) is 0 Å². The summed E-state index contributed by atoms with van der Waals surface area (Å²) >= 11 is 6.19. The largest absolute Gasteiger partial charge is 0.346 e. The molecule has 0 bridgehead atoms. The van der Waals surface area contributed by atoms with Gasteiger partial charge in [-0.3, -0.25) is 9.59 Å². The van der Waals surface area contributed by atoms with E-state index in [4.69, 9.17) is 11.6 Å². The molecule has 2 N–H and O–H groups in total. The molecule has 1 atom stereocenters. The van der Waals surface area contributed by atoms with Crippen molar-refractivity contribution < 1.29 is 18.7 Å². The van der Waals surface area contributed by atoms with E-state index in [9.17, 15) is 13.8 Å². The molecule has 180 valence electrons. The minimum absolute atomic E-state index is 0.200. The second kappa shape index (κ2) is 10.3. The van der Waals surface area contributed by atoms with Gasteiger partial charge in [0, 0.05) is 23.4 Å². The Morgan fingerprint density at radius 1 is 1.00 bits per heavy atom. The third-order valence-electron chi connectivity index (χ3n) is 6.58. The average molecular weight is 509 g/mol. The monoisotopic (exact) mass is 508 g/mol. The standard InChI is InChI=1S/C27H26ClN3O3S/c28-21-7-5-6-19(16-21)18-31-23-17-20(26(32)29-12-15-30-13-3-4-14-30)10-11-25(23)35(34)24-9-2-1-8-22(24)27(31)33/h1-2,5-11,16-17H,3-4,12-15,18H2,(H,29,32)/p+1. The number of halogens is 1. The maximum Gasteiger partial charge on any atom is 0.259 e. The summed E-state index contributed by atoms with van der Waals surface area (Å²) in [5.74, 6) is -0.461. The van der Waals surface area contributed by atoms with Crippen LogP contribution in [0.2, 0.25) is 5.02 Å². The molecule has 2 amide bonds. The molecule has 5 rings (SSSR count). The molecule has 1 unspecified atom stereocenters. The van der Waals surface area contributed by atoms with Crippen LogP contribution in [0.1, 0.15) is 39.1 Å². The lowest BCUT2D eigenvalue weighted by Crippen LogP contribution is -3.10. The third kappa shape index (κ3) is 5.03. The molecule has 8 heteroatoms. The molecule has 2 heterocycles. The molecule has 1 fully saturated rings. The lowest BCUT2D eigenvalue weighted by Gasteiger charge is -2.24. The smallest absolute Gasteiger partial charge is 0.259 e. The third-order valence-corrected chi connectivity index (χ3v) is 8.31. The summed E-state index contributed by atoms with van der Waals surface area (Å²) in [6.07, 6.45) is 2.48. The minimum atomic E-state index is -1.56. The Labute approximate surface area is 212 Å². The Balaban J connectivity index is 1.49. The number of benzene rings is 3. The lowest BCUT2D eigenvalue weighted by molar-refractivity contribution is -0.886. The van der Waals surface area contributed by atoms with Crippen LogP contribution in [0.4, 0.5) is 5.69 Å². The van der Waals surface area contributed by atoms with E-state index < -0.39 is 10.8 Å². The van der Waals surface area contributed by atoms with Gasteiger partial charge >= 0.3 is 0 Å². The summed E-state index contributed by atoms with van der Waals surface area (Å²) < 4.78 is 13.5. The van der Waals surface area contributed by atoms with Crippen LogP contribution in [-0.2, 0) is 17.3 Å². The van der Waals surface area contributed by atoms with Crippen LogP contribution < -0.4 is 15.1 Å². The van der Waals surface area contributed by atoms with Crippen LogP contribution in [0.15, 0.2) is 76.5 Å². The molecule has 0 saturated carbocycles. The van der Waals surface area contributed by atoms with E-state index >= 15 is 0 Å². The van der Waals surface area contributed by atoms with Crippen molar-refractivity contribution in [3.63, 3.8) is 0 Å². The van der Waals surface area contributed by atoms with Crippen LogP contribution in [0.25, 0.3) is 0 Å². The first-order valence-electron chi connectivity index (χ1n) is 11.8. The van der Waals surface area contributed by atoms with Crippen molar-refractivity contribution in [1.82, 2.24) is 5.32 Å². The minimum Gasteiger partial charge on any atom is -0.346 e. The molecule has 1 saturated heterocycles. The number of quaternary nitrogens is 1. The first-order valence-corrected chi connectivity index (χ1v) is 13.4. The van der Waals surface area contributed by atoms with E-state index in [1.807, 2.05) is 12.1 Å². The fourth-order valence-corrected chi connectivity index (χ4v) is 6.32. The molecule has 0 radical (unpaired) electrons. The van der Waals surface area contributed by atoms with E-state index in [1.165, 1.54) is 17.7 Å². The van der Waals surface area contributed by atoms with Gasteiger partial charge in [0.05, 0.1) is 64.6 Å². The fourth-order valence-electron chi connectivity index (χ4n) is 4.76. The summed E-state index contributed by atoms with van der Waals surface area (Å²) in [7, 11) is -1.56. The maximum absolute atomic E-state index is 13.7. The number of hydrogen-bond acceptors (Lipinski definition) is 3. The van der Waals surface area contributed by atoms with Crippen LogP contribution in [0.3, 0.4) is 0 Å². The quantitative estimate of drug-likeness (QED) is 0.537. The summed E-state index contributed by atoms with van der Waals surface area (Å²) in [4.78, 5) is 30.7. The van der Waals surface area contributed by atoms with Crippen molar-refractivity contribution in [1.29, 1.82) is 0 Å². The van der Waals surface area contributed by atoms with E-state index in [2.05, 4.69) is 5.32 Å². The summed E-state index contributed by atoms with van der Waals surface area (Å²) in [6, 6.07) is 19.3. The predicted octanol–water partition coefficient (Wildman–Crippen LogP) is 3.08. The number of rotatable bonds is 6. The van der Waals surface area contributed by atoms with Crippen LogP contribution >= 0.6 is 11.6 Å². The molecule has 3 aromatic carbocycles. The number of carbonyl (C=O) groups is 2. The number of anilines is 1. The molecular weight excluding hydrogens is 482 g/mol. The molecule has 2 aliphatic rings. The van der Waals surface area contributed by atoms with Crippen LogP contribution in [-0.4, -0.2) is 42.2 Å². The summed E-state index contributed by atoms with van der Waals surface area (Å²) in [6.45, 7) is 4.04. The molecule has 0 spiro atoms. The fraction of sp³-hybridized carbons (Fsp3) is 0.259. The zero-order chi connectivity index (χ0) is 24.4. The number of amides is 2. The van der Waals surface area contributed by atoms with E-state index in [-0.39, 0.29) is 18.4 Å². The Kier molecular flexibility index (Phi) is 7.00. The number of hydrogen-bond donors (Lipinski definition) is 2. The number of likely N-dealkylation sites (tertiary alicyclic amines) is 1. The van der Waals surface area contributed by atoms with Gasteiger partial charge in [-0.25, -0.2) is 4.21 Å². The lowest BCUT2D eigenvalue weighted by atomic mass is 10.1. The van der Waals surface area contributed by atoms with Gasteiger partial charge in [-0.15, -0.1) is 0 Å². The molecule has 6 nitrogen and oxygen atoms in total. The zero-order valence-electron chi connectivity index (χ0n) is 19.3. The van der Waals surface area contributed by atoms with E-state index in [0.717, 1.165) is 25.2 Å². The normalized spacial score (nSPS) is 17.6. The second-order valence-corrected chi connectivity index (χ2v) is 10.8. The molecule has 2 aliphatic heterocycles. The second-order valence-electron chi connectivity index (χ2n) is 8.93. The number of carbonyl (C=O) groups excluding carboxylic acids is 2. The van der Waals surface area contributed by atoms with Crippen molar-refractivity contribution in [3.05, 3.63) is 88.4 Å². The molecule has 3 aromatic rings. The first kappa shape index (κ1) is 23.7. The van der Waals surface area contributed by atoms with Gasteiger partial charge < -0.3 is 15.1 Å². The topological polar surface area (TPSA) is 70.9 Å². The van der Waals surface area contributed by atoms with Gasteiger partial charge in [-0.2, -0.15) is 0 Å². The van der Waals surface area contributed by atoms with Gasteiger partial charge in [0.25, 0.3) is 11.8 Å². The van der Waals surface area contributed by atoms with Crippen molar-refractivity contribution in [2.75, 3.05) is 31.1 Å². The zero-order valence-corrected chi connectivity index (χ0v) is 20.8. The first-order chi connectivity index (χ1) is 17.0. The predicted molar refractivity (Wildman–Crippen MR) is 137 cm³/mol. The molecule has 35 heavy (non-hydrogen) atoms.